The number of amides is 1. The van der Waals surface area contributed by atoms with E-state index in [1.54, 1.807) is 10.9 Å². The summed E-state index contributed by atoms with van der Waals surface area (Å²) >= 11 is 0. The fraction of sp³-hybridized carbons (Fsp3) is 0.526. The summed E-state index contributed by atoms with van der Waals surface area (Å²) in [5.74, 6) is -0.0687. The highest BCUT2D eigenvalue weighted by molar-refractivity contribution is 5.84. The fourth-order valence-corrected chi connectivity index (χ4v) is 3.58. The van der Waals surface area contributed by atoms with Gasteiger partial charge in [0, 0.05) is 6.04 Å². The van der Waals surface area contributed by atoms with Gasteiger partial charge >= 0.3 is 0 Å². The Labute approximate surface area is 147 Å². The number of aliphatic hydroxyl groups is 1. The molecule has 0 spiro atoms. The molecule has 6 nitrogen and oxygen atoms in total. The van der Waals surface area contributed by atoms with Crippen molar-refractivity contribution in [2.45, 2.75) is 62.6 Å². The molecule has 1 aromatic carbocycles. The molecule has 6 heteroatoms. The number of benzene rings is 1. The minimum atomic E-state index is -0.912. The van der Waals surface area contributed by atoms with E-state index in [4.69, 9.17) is 0 Å². The van der Waals surface area contributed by atoms with Crippen LogP contribution in [0.4, 0.5) is 0 Å². The van der Waals surface area contributed by atoms with E-state index in [-0.39, 0.29) is 11.9 Å². The molecule has 2 aliphatic carbocycles. The number of hydrogen-bond donors (Lipinski definition) is 2. The molecular formula is C19H24N4O2. The predicted octanol–water partition coefficient (Wildman–Crippen LogP) is 2.30. The molecule has 25 heavy (non-hydrogen) atoms. The number of aromatic nitrogens is 3. The molecule has 1 unspecified atom stereocenters. The van der Waals surface area contributed by atoms with Gasteiger partial charge in [-0.15, -0.1) is 5.10 Å². The molecule has 0 radical (unpaired) electrons. The molecule has 0 bridgehead atoms. The van der Waals surface area contributed by atoms with Gasteiger partial charge in [0.2, 0.25) is 5.91 Å². The molecule has 2 N–H and O–H groups in total. The van der Waals surface area contributed by atoms with Gasteiger partial charge < -0.3 is 10.4 Å². The maximum atomic E-state index is 12.8. The number of nitrogens with one attached hydrogen (secondary N) is 1. The molecule has 0 aliphatic heterocycles. The van der Waals surface area contributed by atoms with E-state index < -0.39 is 11.6 Å². The molecule has 1 heterocycles. The second-order valence-electron chi connectivity index (χ2n) is 7.27. The Kier molecular flexibility index (Phi) is 4.29. The third-order valence-corrected chi connectivity index (χ3v) is 5.22. The van der Waals surface area contributed by atoms with E-state index in [0.717, 1.165) is 37.7 Å². The molecule has 2 aliphatic rings. The first-order valence-electron chi connectivity index (χ1n) is 9.16. The van der Waals surface area contributed by atoms with Gasteiger partial charge in [0.05, 0.1) is 6.20 Å². The Morgan fingerprint density at radius 2 is 1.92 bits per heavy atom. The molecule has 2 fully saturated rings. The van der Waals surface area contributed by atoms with E-state index in [1.807, 2.05) is 30.3 Å². The summed E-state index contributed by atoms with van der Waals surface area (Å²) in [5, 5.41) is 22.4. The summed E-state index contributed by atoms with van der Waals surface area (Å²) < 4.78 is 1.59. The van der Waals surface area contributed by atoms with E-state index in [1.165, 1.54) is 0 Å². The topological polar surface area (TPSA) is 80.0 Å². The predicted molar refractivity (Wildman–Crippen MR) is 92.7 cm³/mol. The van der Waals surface area contributed by atoms with Crippen LogP contribution in [-0.4, -0.2) is 32.0 Å². The molecular weight excluding hydrogens is 316 g/mol. The first kappa shape index (κ1) is 16.3. The van der Waals surface area contributed by atoms with Crippen LogP contribution in [0.3, 0.4) is 0 Å². The molecule has 2 saturated carbocycles. The van der Waals surface area contributed by atoms with Gasteiger partial charge in [-0.3, -0.25) is 4.79 Å². The van der Waals surface area contributed by atoms with Crippen molar-refractivity contribution in [3.63, 3.8) is 0 Å². The molecule has 1 aromatic heterocycles. The van der Waals surface area contributed by atoms with Gasteiger partial charge in [-0.2, -0.15) is 0 Å². The summed E-state index contributed by atoms with van der Waals surface area (Å²) in [6, 6.07) is 9.33. The average molecular weight is 340 g/mol. The SMILES string of the molecule is O=C(NC1CC1)C(c1ccccc1)n1cc(C2(O)CCCCC2)nn1. The van der Waals surface area contributed by atoms with Gasteiger partial charge in [-0.25, -0.2) is 4.68 Å². The maximum Gasteiger partial charge on any atom is 0.249 e. The number of carbonyl (C=O) groups is 1. The smallest absolute Gasteiger partial charge is 0.249 e. The minimum absolute atomic E-state index is 0.0687. The van der Waals surface area contributed by atoms with Crippen molar-refractivity contribution in [2.75, 3.05) is 0 Å². The molecule has 0 saturated heterocycles. The Hall–Kier alpha value is -2.21. The Morgan fingerprint density at radius 1 is 1.20 bits per heavy atom. The second-order valence-corrected chi connectivity index (χ2v) is 7.27. The van der Waals surface area contributed by atoms with Crippen molar-refractivity contribution >= 4 is 5.91 Å². The van der Waals surface area contributed by atoms with E-state index >= 15 is 0 Å². The normalized spacial score (nSPS) is 20.8. The van der Waals surface area contributed by atoms with E-state index in [0.29, 0.717) is 18.5 Å². The molecule has 1 amide bonds. The zero-order chi connectivity index (χ0) is 17.3. The molecule has 132 valence electrons. The van der Waals surface area contributed by atoms with Crippen LogP contribution in [0.5, 0.6) is 0 Å². The van der Waals surface area contributed by atoms with Gasteiger partial charge in [0.25, 0.3) is 0 Å². The number of hydrogen-bond acceptors (Lipinski definition) is 4. The lowest BCUT2D eigenvalue weighted by atomic mass is 9.83. The number of rotatable bonds is 5. The van der Waals surface area contributed by atoms with Crippen molar-refractivity contribution in [3.8, 4) is 0 Å². The monoisotopic (exact) mass is 340 g/mol. The summed E-state index contributed by atoms with van der Waals surface area (Å²) in [7, 11) is 0. The summed E-state index contributed by atoms with van der Waals surface area (Å²) in [5.41, 5.74) is 0.533. The highest BCUT2D eigenvalue weighted by Crippen LogP contribution is 2.36. The standard InChI is InChI=1S/C19H24N4O2/c24-18(20-15-9-10-15)17(14-7-3-1-4-8-14)23-13-16(21-22-23)19(25)11-5-2-6-12-19/h1,3-4,7-8,13,15,17,25H,2,5-6,9-12H2,(H,20,24). The maximum absolute atomic E-state index is 12.8. The summed E-state index contributed by atoms with van der Waals surface area (Å²) in [6.07, 6.45) is 8.36. The van der Waals surface area contributed by atoms with Gasteiger partial charge in [-0.1, -0.05) is 54.8 Å². The first-order chi connectivity index (χ1) is 12.2. The third kappa shape index (κ3) is 3.44. The summed E-state index contributed by atoms with van der Waals surface area (Å²) in [4.78, 5) is 12.8. The number of nitrogens with zero attached hydrogens (tertiary/aromatic N) is 3. The second kappa shape index (κ2) is 6.59. The largest absolute Gasteiger partial charge is 0.383 e. The molecule has 1 atom stereocenters. The summed E-state index contributed by atoms with van der Waals surface area (Å²) in [6.45, 7) is 0. The van der Waals surface area contributed by atoms with Crippen molar-refractivity contribution in [3.05, 3.63) is 47.8 Å². The Morgan fingerprint density at radius 3 is 2.60 bits per heavy atom. The quantitative estimate of drug-likeness (QED) is 0.875. The van der Waals surface area contributed by atoms with Gasteiger partial charge in [0.15, 0.2) is 6.04 Å². The van der Waals surface area contributed by atoms with Crippen LogP contribution in [0, 0.1) is 0 Å². The van der Waals surface area contributed by atoms with Crippen LogP contribution in [0.25, 0.3) is 0 Å². The van der Waals surface area contributed by atoms with Crippen LogP contribution in [0.1, 0.15) is 62.2 Å². The average Bonchev–Trinajstić information content (AvgIpc) is 3.30. The van der Waals surface area contributed by atoms with E-state index in [2.05, 4.69) is 15.6 Å². The third-order valence-electron chi connectivity index (χ3n) is 5.22. The lowest BCUT2D eigenvalue weighted by Gasteiger charge is -2.29. The lowest BCUT2D eigenvalue weighted by molar-refractivity contribution is -0.123. The van der Waals surface area contributed by atoms with Gasteiger partial charge in [0.1, 0.15) is 11.3 Å². The van der Waals surface area contributed by atoms with Gasteiger partial charge in [-0.05, 0) is 31.2 Å². The van der Waals surface area contributed by atoms with Crippen LogP contribution in [0.15, 0.2) is 36.5 Å². The van der Waals surface area contributed by atoms with E-state index in [9.17, 15) is 9.90 Å². The fourth-order valence-electron chi connectivity index (χ4n) is 3.58. The van der Waals surface area contributed by atoms with Crippen molar-refractivity contribution < 1.29 is 9.90 Å². The van der Waals surface area contributed by atoms with Crippen molar-refractivity contribution in [2.24, 2.45) is 0 Å². The Bertz CT molecular complexity index is 733. The highest BCUT2D eigenvalue weighted by Gasteiger charge is 2.36. The molecule has 4 rings (SSSR count). The zero-order valence-corrected chi connectivity index (χ0v) is 14.3. The first-order valence-corrected chi connectivity index (χ1v) is 9.16. The van der Waals surface area contributed by atoms with Crippen LogP contribution < -0.4 is 5.32 Å². The van der Waals surface area contributed by atoms with Crippen LogP contribution in [-0.2, 0) is 10.4 Å². The Balaban J connectivity index is 1.64. The minimum Gasteiger partial charge on any atom is -0.383 e. The van der Waals surface area contributed by atoms with Crippen LogP contribution in [0.2, 0.25) is 0 Å². The van der Waals surface area contributed by atoms with Crippen LogP contribution >= 0.6 is 0 Å². The zero-order valence-electron chi connectivity index (χ0n) is 14.3. The lowest BCUT2D eigenvalue weighted by Crippen LogP contribution is -2.35. The highest BCUT2D eigenvalue weighted by atomic mass is 16.3. The number of carbonyl (C=O) groups excluding carboxylic acids is 1. The van der Waals surface area contributed by atoms with Crippen molar-refractivity contribution in [1.29, 1.82) is 0 Å². The van der Waals surface area contributed by atoms with Crippen molar-refractivity contribution in [1.82, 2.24) is 20.3 Å². The molecule has 2 aromatic rings.